The van der Waals surface area contributed by atoms with Crippen molar-refractivity contribution in [1.82, 2.24) is 15.2 Å². The van der Waals surface area contributed by atoms with Crippen LogP contribution in [0.4, 0.5) is 0 Å². The van der Waals surface area contributed by atoms with Gasteiger partial charge in [0.2, 0.25) is 5.91 Å². The van der Waals surface area contributed by atoms with Crippen molar-refractivity contribution < 1.29 is 4.79 Å². The second-order valence-corrected chi connectivity index (χ2v) is 4.94. The zero-order valence-corrected chi connectivity index (χ0v) is 11.7. The molecule has 0 fully saturated rings. The molecule has 0 aliphatic rings. The summed E-state index contributed by atoms with van der Waals surface area (Å²) in [7, 11) is 0. The lowest BCUT2D eigenvalue weighted by atomic mass is 10.1. The molecule has 20 heavy (non-hydrogen) atoms. The maximum atomic E-state index is 11.4. The minimum absolute atomic E-state index is 0.0771. The summed E-state index contributed by atoms with van der Waals surface area (Å²) in [5.74, 6) is 0.248. The van der Waals surface area contributed by atoms with Gasteiger partial charge in [-0.05, 0) is 18.1 Å². The molecule has 2 aromatic rings. The van der Waals surface area contributed by atoms with Crippen LogP contribution in [0.3, 0.4) is 0 Å². The molecule has 1 aromatic carbocycles. The fourth-order valence-corrected chi connectivity index (χ4v) is 1.72. The molecule has 0 unspecified atom stereocenters. The van der Waals surface area contributed by atoms with E-state index in [1.807, 2.05) is 50.4 Å². The quantitative estimate of drug-likeness (QED) is 0.670. The molecule has 1 heterocycles. The third kappa shape index (κ3) is 4.05. The van der Waals surface area contributed by atoms with Crippen LogP contribution in [0, 0.1) is 5.92 Å². The van der Waals surface area contributed by atoms with Crippen LogP contribution in [-0.4, -0.2) is 21.9 Å². The summed E-state index contributed by atoms with van der Waals surface area (Å²) in [6.07, 6.45) is 5.61. The molecule has 0 spiro atoms. The molecule has 5 nitrogen and oxygen atoms in total. The number of rotatable bonds is 5. The van der Waals surface area contributed by atoms with Crippen LogP contribution < -0.4 is 5.43 Å². The highest BCUT2D eigenvalue weighted by molar-refractivity contribution is 5.82. The minimum atomic E-state index is -0.0771. The van der Waals surface area contributed by atoms with E-state index < -0.39 is 0 Å². The van der Waals surface area contributed by atoms with Gasteiger partial charge in [-0.1, -0.05) is 32.0 Å². The van der Waals surface area contributed by atoms with E-state index in [-0.39, 0.29) is 5.91 Å². The average molecular weight is 270 g/mol. The Balaban J connectivity index is 1.95. The second-order valence-electron chi connectivity index (χ2n) is 4.94. The van der Waals surface area contributed by atoms with Crippen LogP contribution in [0.2, 0.25) is 0 Å². The van der Waals surface area contributed by atoms with Gasteiger partial charge < -0.3 is 0 Å². The minimum Gasteiger partial charge on any atom is -0.273 e. The molecular weight excluding hydrogens is 252 g/mol. The van der Waals surface area contributed by atoms with Crippen LogP contribution in [-0.2, 0) is 4.79 Å². The summed E-state index contributed by atoms with van der Waals surface area (Å²) in [4.78, 5) is 11.4. The van der Waals surface area contributed by atoms with Gasteiger partial charge in [-0.3, -0.25) is 4.79 Å². The van der Waals surface area contributed by atoms with Crippen molar-refractivity contribution in [2.24, 2.45) is 11.0 Å². The molecular formula is C15H18N4O. The number of amides is 1. The summed E-state index contributed by atoms with van der Waals surface area (Å²) in [5, 5.41) is 8.17. The molecule has 0 radical (unpaired) electrons. The predicted octanol–water partition coefficient (Wildman–Crippen LogP) is 2.37. The van der Waals surface area contributed by atoms with Gasteiger partial charge in [0.1, 0.15) is 0 Å². The number of aromatic nitrogens is 2. The summed E-state index contributed by atoms with van der Waals surface area (Å²) >= 11 is 0. The van der Waals surface area contributed by atoms with E-state index in [1.54, 1.807) is 17.1 Å². The van der Waals surface area contributed by atoms with Crippen molar-refractivity contribution in [3.05, 3.63) is 48.3 Å². The Labute approximate surface area is 118 Å². The number of nitrogens with zero attached hydrogens (tertiary/aromatic N) is 3. The maximum Gasteiger partial charge on any atom is 0.240 e. The van der Waals surface area contributed by atoms with Crippen molar-refractivity contribution >= 4 is 12.1 Å². The Morgan fingerprint density at radius 1 is 1.40 bits per heavy atom. The Morgan fingerprint density at radius 2 is 2.15 bits per heavy atom. The largest absolute Gasteiger partial charge is 0.273 e. The number of para-hydroxylation sites is 1. The Bertz CT molecular complexity index is 587. The zero-order chi connectivity index (χ0) is 14.4. The summed E-state index contributed by atoms with van der Waals surface area (Å²) < 4.78 is 1.76. The van der Waals surface area contributed by atoms with E-state index in [1.165, 1.54) is 0 Å². The fraction of sp³-hybridized carbons (Fsp3) is 0.267. The summed E-state index contributed by atoms with van der Waals surface area (Å²) in [5.41, 5.74) is 4.32. The Kier molecular flexibility index (Phi) is 4.65. The van der Waals surface area contributed by atoms with Crippen LogP contribution >= 0.6 is 0 Å². The standard InChI is InChI=1S/C15H18N4O/c1-12(2)8-15(20)18-16-9-13-10-17-19(11-13)14-6-4-3-5-7-14/h3-7,9-12H,8H2,1-2H3,(H,18,20)/b16-9-. The fourth-order valence-electron chi connectivity index (χ4n) is 1.72. The van der Waals surface area contributed by atoms with E-state index in [2.05, 4.69) is 15.6 Å². The number of hydrogen-bond donors (Lipinski definition) is 1. The van der Waals surface area contributed by atoms with Gasteiger partial charge in [-0.15, -0.1) is 0 Å². The highest BCUT2D eigenvalue weighted by atomic mass is 16.2. The molecule has 1 aromatic heterocycles. The molecule has 0 saturated heterocycles. The van der Waals surface area contributed by atoms with Crippen molar-refractivity contribution in [2.45, 2.75) is 20.3 Å². The van der Waals surface area contributed by atoms with E-state index in [0.717, 1.165) is 11.3 Å². The smallest absolute Gasteiger partial charge is 0.240 e. The van der Waals surface area contributed by atoms with Crippen molar-refractivity contribution in [1.29, 1.82) is 0 Å². The van der Waals surface area contributed by atoms with Crippen LogP contribution in [0.5, 0.6) is 0 Å². The summed E-state index contributed by atoms with van der Waals surface area (Å²) in [6, 6.07) is 9.81. The molecule has 1 amide bonds. The predicted molar refractivity (Wildman–Crippen MR) is 78.8 cm³/mol. The highest BCUT2D eigenvalue weighted by Gasteiger charge is 2.02. The highest BCUT2D eigenvalue weighted by Crippen LogP contribution is 2.06. The summed E-state index contributed by atoms with van der Waals surface area (Å²) in [6.45, 7) is 3.99. The number of benzene rings is 1. The molecule has 2 rings (SSSR count). The van der Waals surface area contributed by atoms with Crippen LogP contribution in [0.25, 0.3) is 5.69 Å². The van der Waals surface area contributed by atoms with Crippen LogP contribution in [0.1, 0.15) is 25.8 Å². The first-order chi connectivity index (χ1) is 9.65. The third-order valence-corrected chi connectivity index (χ3v) is 2.62. The SMILES string of the molecule is CC(C)CC(=O)N/N=C\c1cnn(-c2ccccc2)c1. The Morgan fingerprint density at radius 3 is 2.85 bits per heavy atom. The van der Waals surface area contributed by atoms with Gasteiger partial charge in [0.15, 0.2) is 0 Å². The van der Waals surface area contributed by atoms with E-state index in [9.17, 15) is 4.79 Å². The molecule has 0 bridgehead atoms. The van der Waals surface area contributed by atoms with Gasteiger partial charge in [-0.25, -0.2) is 10.1 Å². The molecule has 0 aliphatic carbocycles. The lowest BCUT2D eigenvalue weighted by molar-refractivity contribution is -0.121. The third-order valence-electron chi connectivity index (χ3n) is 2.62. The van der Waals surface area contributed by atoms with Gasteiger partial charge in [0.05, 0.1) is 18.1 Å². The maximum absolute atomic E-state index is 11.4. The lowest BCUT2D eigenvalue weighted by Gasteiger charge is -2.01. The molecule has 1 N–H and O–H groups in total. The number of carbonyl (C=O) groups is 1. The molecule has 0 atom stereocenters. The molecule has 0 aliphatic heterocycles. The van der Waals surface area contributed by atoms with Gasteiger partial charge >= 0.3 is 0 Å². The molecule has 5 heteroatoms. The Hall–Kier alpha value is -2.43. The van der Waals surface area contributed by atoms with Crippen molar-refractivity contribution in [3.8, 4) is 5.69 Å². The average Bonchev–Trinajstić information content (AvgIpc) is 2.88. The topological polar surface area (TPSA) is 59.3 Å². The number of carbonyl (C=O) groups excluding carboxylic acids is 1. The van der Waals surface area contributed by atoms with Gasteiger partial charge in [0.25, 0.3) is 0 Å². The number of hydrogen-bond acceptors (Lipinski definition) is 3. The molecule has 104 valence electrons. The van der Waals surface area contributed by atoms with E-state index in [4.69, 9.17) is 0 Å². The van der Waals surface area contributed by atoms with E-state index in [0.29, 0.717) is 12.3 Å². The van der Waals surface area contributed by atoms with Crippen LogP contribution in [0.15, 0.2) is 47.8 Å². The lowest BCUT2D eigenvalue weighted by Crippen LogP contribution is -2.18. The number of nitrogens with one attached hydrogen (secondary N) is 1. The van der Waals surface area contributed by atoms with E-state index >= 15 is 0 Å². The van der Waals surface area contributed by atoms with Crippen molar-refractivity contribution in [3.63, 3.8) is 0 Å². The monoisotopic (exact) mass is 270 g/mol. The number of hydrazone groups is 1. The zero-order valence-electron chi connectivity index (χ0n) is 11.7. The first-order valence-electron chi connectivity index (χ1n) is 6.57. The van der Waals surface area contributed by atoms with Crippen molar-refractivity contribution in [2.75, 3.05) is 0 Å². The normalized spacial score (nSPS) is 11.2. The first kappa shape index (κ1) is 14.0. The molecule has 0 saturated carbocycles. The van der Waals surface area contributed by atoms with Gasteiger partial charge in [-0.2, -0.15) is 10.2 Å². The van der Waals surface area contributed by atoms with Gasteiger partial charge in [0, 0.05) is 18.2 Å². The second kappa shape index (κ2) is 6.65. The first-order valence-corrected chi connectivity index (χ1v) is 6.57.